The highest BCUT2D eigenvalue weighted by Crippen LogP contribution is 2.17. The molecule has 2 aromatic carbocycles. The first-order chi connectivity index (χ1) is 13.5. The predicted octanol–water partition coefficient (Wildman–Crippen LogP) is 2.87. The zero-order valence-corrected chi connectivity index (χ0v) is 15.9. The smallest absolute Gasteiger partial charge is 0.234 e. The number of hydrogen-bond donors (Lipinski definition) is 2. The Hall–Kier alpha value is -3.20. The Morgan fingerprint density at radius 3 is 2.32 bits per heavy atom. The highest BCUT2D eigenvalue weighted by atomic mass is 32.2. The van der Waals surface area contributed by atoms with Crippen molar-refractivity contribution in [3.63, 3.8) is 0 Å². The second-order valence-corrected chi connectivity index (χ2v) is 6.84. The minimum absolute atomic E-state index is 0.0702. The predicted molar refractivity (Wildman–Crippen MR) is 106 cm³/mol. The quantitative estimate of drug-likeness (QED) is 0.597. The number of nitrogens with one attached hydrogen (secondary N) is 2. The van der Waals surface area contributed by atoms with Crippen LogP contribution in [0.4, 0.5) is 15.8 Å². The van der Waals surface area contributed by atoms with E-state index in [9.17, 15) is 14.0 Å². The van der Waals surface area contributed by atoms with Crippen molar-refractivity contribution in [3.8, 4) is 0 Å². The lowest BCUT2D eigenvalue weighted by molar-refractivity contribution is -0.116. The van der Waals surface area contributed by atoms with Gasteiger partial charge in [-0.3, -0.25) is 9.59 Å². The Kier molecular flexibility index (Phi) is 6.38. The van der Waals surface area contributed by atoms with Gasteiger partial charge in [-0.15, -0.1) is 10.2 Å². The minimum Gasteiger partial charge on any atom is -0.326 e. The van der Waals surface area contributed by atoms with Crippen LogP contribution < -0.4 is 10.6 Å². The van der Waals surface area contributed by atoms with Crippen LogP contribution in [-0.4, -0.2) is 32.3 Å². The number of rotatable bonds is 7. The van der Waals surface area contributed by atoms with Crippen LogP contribution in [0.25, 0.3) is 0 Å². The number of amides is 2. The molecule has 3 aromatic rings. The summed E-state index contributed by atoms with van der Waals surface area (Å²) in [5, 5.41) is 14.1. The van der Waals surface area contributed by atoms with E-state index in [1.165, 1.54) is 36.0 Å². The Labute approximate surface area is 165 Å². The first-order valence-electron chi connectivity index (χ1n) is 8.42. The van der Waals surface area contributed by atoms with Gasteiger partial charge in [0, 0.05) is 18.4 Å². The summed E-state index contributed by atoms with van der Waals surface area (Å²) in [4.78, 5) is 24.2. The monoisotopic (exact) mass is 399 g/mol. The van der Waals surface area contributed by atoms with Crippen molar-refractivity contribution in [3.05, 3.63) is 66.2 Å². The fraction of sp³-hybridized carbons (Fsp3) is 0.158. The van der Waals surface area contributed by atoms with Crippen molar-refractivity contribution in [1.82, 2.24) is 14.8 Å². The van der Waals surface area contributed by atoms with Crippen LogP contribution in [0, 0.1) is 5.82 Å². The number of carbonyl (C=O) groups excluding carboxylic acids is 2. The molecule has 0 saturated carbocycles. The molecule has 2 N–H and O–H groups in total. The molecule has 1 heterocycles. The van der Waals surface area contributed by atoms with Gasteiger partial charge >= 0.3 is 0 Å². The topological polar surface area (TPSA) is 88.9 Å². The van der Waals surface area contributed by atoms with Crippen LogP contribution in [0.5, 0.6) is 0 Å². The number of aromatic nitrogens is 3. The lowest BCUT2D eigenvalue weighted by Crippen LogP contribution is -2.17. The van der Waals surface area contributed by atoms with Gasteiger partial charge in [-0.05, 0) is 36.4 Å². The van der Waals surface area contributed by atoms with Crippen molar-refractivity contribution in [1.29, 1.82) is 0 Å². The molecule has 0 fully saturated rings. The zero-order chi connectivity index (χ0) is 19.9. The van der Waals surface area contributed by atoms with E-state index in [1.54, 1.807) is 23.7 Å². The molecular weight excluding hydrogens is 381 g/mol. The van der Waals surface area contributed by atoms with E-state index >= 15 is 0 Å². The van der Waals surface area contributed by atoms with Gasteiger partial charge in [0.25, 0.3) is 0 Å². The molecule has 0 radical (unpaired) electrons. The molecule has 2 amide bonds. The summed E-state index contributed by atoms with van der Waals surface area (Å²) in [7, 11) is 1.74. The van der Waals surface area contributed by atoms with Crippen molar-refractivity contribution in [2.75, 3.05) is 16.4 Å². The normalized spacial score (nSPS) is 10.5. The van der Waals surface area contributed by atoms with Gasteiger partial charge in [-0.1, -0.05) is 30.0 Å². The van der Waals surface area contributed by atoms with Crippen molar-refractivity contribution in [2.45, 2.75) is 11.6 Å². The summed E-state index contributed by atoms with van der Waals surface area (Å²) in [6, 6.07) is 14.7. The van der Waals surface area contributed by atoms with E-state index in [1.807, 2.05) is 18.2 Å². The molecule has 0 aliphatic heterocycles. The second-order valence-electron chi connectivity index (χ2n) is 5.89. The highest BCUT2D eigenvalue weighted by molar-refractivity contribution is 7.99. The summed E-state index contributed by atoms with van der Waals surface area (Å²) in [5.41, 5.74) is 1.23. The Morgan fingerprint density at radius 2 is 1.61 bits per heavy atom. The van der Waals surface area contributed by atoms with Crippen LogP contribution in [0.2, 0.25) is 0 Å². The Morgan fingerprint density at radius 1 is 0.964 bits per heavy atom. The second kappa shape index (κ2) is 9.14. The molecule has 0 unspecified atom stereocenters. The van der Waals surface area contributed by atoms with Gasteiger partial charge in [-0.2, -0.15) is 0 Å². The molecule has 7 nitrogen and oxygen atoms in total. The van der Waals surface area contributed by atoms with Gasteiger partial charge in [0.05, 0.1) is 12.2 Å². The van der Waals surface area contributed by atoms with Gasteiger partial charge in [0.1, 0.15) is 11.6 Å². The summed E-state index contributed by atoms with van der Waals surface area (Å²) in [6.07, 6.45) is 0.0702. The summed E-state index contributed by atoms with van der Waals surface area (Å²) in [5.74, 6) is -0.208. The maximum absolute atomic E-state index is 12.9. The Bertz CT molecular complexity index is 960. The number of hydrogen-bond acceptors (Lipinski definition) is 5. The molecule has 3 rings (SSSR count). The Balaban J connectivity index is 1.52. The maximum atomic E-state index is 12.9. The van der Waals surface area contributed by atoms with Gasteiger partial charge < -0.3 is 15.2 Å². The number of anilines is 2. The minimum atomic E-state index is -0.365. The van der Waals surface area contributed by atoms with E-state index in [4.69, 9.17) is 0 Å². The third-order valence-corrected chi connectivity index (χ3v) is 4.78. The molecule has 144 valence electrons. The standard InChI is InChI=1S/C19H18FN5O2S/c1-25-16(11-17(26)21-14-5-3-2-4-6-14)23-24-19(25)28-12-18(27)22-15-9-7-13(20)8-10-15/h2-10H,11-12H2,1H3,(H,21,26)(H,22,27). The molecule has 1 aromatic heterocycles. The number of para-hydroxylation sites is 1. The van der Waals surface area contributed by atoms with Crippen LogP contribution in [-0.2, 0) is 23.1 Å². The number of halogens is 1. The number of nitrogens with zero attached hydrogens (tertiary/aromatic N) is 3. The van der Waals surface area contributed by atoms with Crippen molar-refractivity contribution in [2.24, 2.45) is 7.05 Å². The fourth-order valence-corrected chi connectivity index (χ4v) is 3.09. The number of carbonyl (C=O) groups is 2. The van der Waals surface area contributed by atoms with Gasteiger partial charge in [0.2, 0.25) is 11.8 Å². The summed E-state index contributed by atoms with van der Waals surface area (Å²) >= 11 is 1.20. The molecule has 0 bridgehead atoms. The van der Waals surface area contributed by atoms with Gasteiger partial charge in [0.15, 0.2) is 5.16 Å². The summed E-state index contributed by atoms with van der Waals surface area (Å²) in [6.45, 7) is 0. The van der Waals surface area contributed by atoms with E-state index in [0.717, 1.165) is 0 Å². The molecule has 0 aliphatic carbocycles. The van der Waals surface area contributed by atoms with E-state index in [-0.39, 0.29) is 29.8 Å². The molecule has 0 spiro atoms. The first kappa shape index (κ1) is 19.6. The zero-order valence-electron chi connectivity index (χ0n) is 15.1. The molecule has 9 heteroatoms. The maximum Gasteiger partial charge on any atom is 0.234 e. The SMILES string of the molecule is Cn1c(CC(=O)Nc2ccccc2)nnc1SCC(=O)Nc1ccc(F)cc1. The fourth-order valence-electron chi connectivity index (χ4n) is 2.36. The number of benzene rings is 2. The van der Waals surface area contributed by atoms with E-state index in [0.29, 0.717) is 22.4 Å². The van der Waals surface area contributed by atoms with Crippen LogP contribution in [0.1, 0.15) is 5.82 Å². The average molecular weight is 399 g/mol. The third-order valence-electron chi connectivity index (χ3n) is 3.76. The number of thioether (sulfide) groups is 1. The first-order valence-corrected chi connectivity index (χ1v) is 9.41. The summed E-state index contributed by atoms with van der Waals surface area (Å²) < 4.78 is 14.6. The highest BCUT2D eigenvalue weighted by Gasteiger charge is 2.14. The van der Waals surface area contributed by atoms with Crippen LogP contribution in [0.15, 0.2) is 59.8 Å². The average Bonchev–Trinajstić information content (AvgIpc) is 3.02. The van der Waals surface area contributed by atoms with E-state index in [2.05, 4.69) is 20.8 Å². The van der Waals surface area contributed by atoms with E-state index < -0.39 is 0 Å². The molecular formula is C19H18FN5O2S. The molecule has 0 atom stereocenters. The third kappa shape index (κ3) is 5.40. The van der Waals surface area contributed by atoms with Crippen molar-refractivity contribution >= 4 is 35.0 Å². The molecule has 0 aliphatic rings. The van der Waals surface area contributed by atoms with Crippen LogP contribution in [0.3, 0.4) is 0 Å². The van der Waals surface area contributed by atoms with Crippen molar-refractivity contribution < 1.29 is 14.0 Å². The lowest BCUT2D eigenvalue weighted by atomic mass is 10.3. The molecule has 28 heavy (non-hydrogen) atoms. The largest absolute Gasteiger partial charge is 0.326 e. The molecule has 0 saturated heterocycles. The van der Waals surface area contributed by atoms with Crippen LogP contribution >= 0.6 is 11.8 Å². The van der Waals surface area contributed by atoms with Gasteiger partial charge in [-0.25, -0.2) is 4.39 Å². The lowest BCUT2D eigenvalue weighted by Gasteiger charge is -2.06.